The number of rotatable bonds is 3. The number of hydrogen-bond acceptors (Lipinski definition) is 3. The molecule has 1 fully saturated rings. The summed E-state index contributed by atoms with van der Waals surface area (Å²) < 4.78 is 11.1. The van der Waals surface area contributed by atoms with E-state index in [9.17, 15) is 0 Å². The molecule has 1 saturated heterocycles. The predicted octanol–water partition coefficient (Wildman–Crippen LogP) is 2.92. The Bertz CT molecular complexity index is 448. The molecule has 1 atom stereocenters. The lowest BCUT2D eigenvalue weighted by molar-refractivity contribution is 0.332. The van der Waals surface area contributed by atoms with Crippen molar-refractivity contribution in [3.63, 3.8) is 0 Å². The number of hydrogen-bond donors (Lipinski definition) is 1. The van der Waals surface area contributed by atoms with E-state index in [2.05, 4.69) is 32.2 Å². The molecule has 1 unspecified atom stereocenters. The van der Waals surface area contributed by atoms with Crippen molar-refractivity contribution in [1.29, 1.82) is 0 Å². The SMILES string of the molecule is COc1cc(C)c(C)c(C2(C)CCCN2)c1OC. The number of methoxy groups -OCH3 is 2. The van der Waals surface area contributed by atoms with Crippen LogP contribution in [-0.4, -0.2) is 20.8 Å². The van der Waals surface area contributed by atoms with Crippen molar-refractivity contribution < 1.29 is 9.47 Å². The zero-order valence-electron chi connectivity index (χ0n) is 12.0. The van der Waals surface area contributed by atoms with Gasteiger partial charge in [-0.15, -0.1) is 0 Å². The normalized spacial score (nSPS) is 23.2. The van der Waals surface area contributed by atoms with Gasteiger partial charge < -0.3 is 14.8 Å². The molecule has 1 N–H and O–H groups in total. The summed E-state index contributed by atoms with van der Waals surface area (Å²) in [5.74, 6) is 1.70. The van der Waals surface area contributed by atoms with E-state index in [1.807, 2.05) is 0 Å². The number of ether oxygens (including phenoxy) is 2. The minimum Gasteiger partial charge on any atom is -0.493 e. The summed E-state index contributed by atoms with van der Waals surface area (Å²) in [6, 6.07) is 2.05. The molecule has 18 heavy (non-hydrogen) atoms. The van der Waals surface area contributed by atoms with Gasteiger partial charge in [0.1, 0.15) is 0 Å². The van der Waals surface area contributed by atoms with E-state index in [1.165, 1.54) is 23.1 Å². The zero-order valence-corrected chi connectivity index (χ0v) is 12.0. The predicted molar refractivity (Wildman–Crippen MR) is 73.6 cm³/mol. The van der Waals surface area contributed by atoms with Gasteiger partial charge >= 0.3 is 0 Å². The second-order valence-electron chi connectivity index (χ2n) is 5.29. The fourth-order valence-corrected chi connectivity index (χ4v) is 2.99. The quantitative estimate of drug-likeness (QED) is 0.893. The van der Waals surface area contributed by atoms with Gasteiger partial charge in [-0.05, 0) is 57.4 Å². The maximum absolute atomic E-state index is 5.62. The molecule has 0 aromatic heterocycles. The van der Waals surface area contributed by atoms with Gasteiger partial charge in [-0.25, -0.2) is 0 Å². The van der Waals surface area contributed by atoms with Gasteiger partial charge in [0, 0.05) is 11.1 Å². The van der Waals surface area contributed by atoms with E-state index in [0.717, 1.165) is 24.5 Å². The van der Waals surface area contributed by atoms with Gasteiger partial charge in [0.15, 0.2) is 11.5 Å². The highest BCUT2D eigenvalue weighted by molar-refractivity contribution is 5.56. The summed E-state index contributed by atoms with van der Waals surface area (Å²) in [6.07, 6.45) is 2.34. The highest BCUT2D eigenvalue weighted by atomic mass is 16.5. The first-order valence-electron chi connectivity index (χ1n) is 6.51. The average molecular weight is 249 g/mol. The van der Waals surface area contributed by atoms with E-state index in [0.29, 0.717) is 0 Å². The van der Waals surface area contributed by atoms with E-state index >= 15 is 0 Å². The largest absolute Gasteiger partial charge is 0.493 e. The highest BCUT2D eigenvalue weighted by Gasteiger charge is 2.35. The second kappa shape index (κ2) is 4.81. The lowest BCUT2D eigenvalue weighted by Gasteiger charge is -2.30. The van der Waals surface area contributed by atoms with E-state index in [1.54, 1.807) is 14.2 Å². The molecule has 3 heteroatoms. The van der Waals surface area contributed by atoms with E-state index in [-0.39, 0.29) is 5.54 Å². The minimum atomic E-state index is -0.00523. The van der Waals surface area contributed by atoms with Crippen LogP contribution in [0.2, 0.25) is 0 Å². The molecule has 1 aliphatic heterocycles. The topological polar surface area (TPSA) is 30.5 Å². The first kappa shape index (κ1) is 13.2. The Labute approximate surface area is 109 Å². The molecule has 0 amide bonds. The van der Waals surface area contributed by atoms with Crippen molar-refractivity contribution in [2.24, 2.45) is 0 Å². The number of aryl methyl sites for hydroxylation is 1. The van der Waals surface area contributed by atoms with Crippen LogP contribution in [-0.2, 0) is 5.54 Å². The van der Waals surface area contributed by atoms with E-state index in [4.69, 9.17) is 9.47 Å². The van der Waals surface area contributed by atoms with Gasteiger partial charge in [-0.1, -0.05) is 0 Å². The molecule has 100 valence electrons. The molecular weight excluding hydrogens is 226 g/mol. The first-order chi connectivity index (χ1) is 8.53. The summed E-state index contributed by atoms with van der Waals surface area (Å²) in [7, 11) is 3.41. The third-order valence-corrected chi connectivity index (χ3v) is 4.11. The van der Waals surface area contributed by atoms with Crippen LogP contribution in [0.1, 0.15) is 36.5 Å². The Morgan fingerprint density at radius 2 is 1.94 bits per heavy atom. The molecule has 1 aromatic carbocycles. The number of nitrogens with one attached hydrogen (secondary N) is 1. The van der Waals surface area contributed by atoms with Crippen molar-refractivity contribution in [1.82, 2.24) is 5.32 Å². The van der Waals surface area contributed by atoms with Crippen LogP contribution >= 0.6 is 0 Å². The minimum absolute atomic E-state index is 0.00523. The molecule has 0 spiro atoms. The Hall–Kier alpha value is -1.22. The third kappa shape index (κ3) is 1.97. The Kier molecular flexibility index (Phi) is 3.53. The van der Waals surface area contributed by atoms with Crippen LogP contribution in [0.15, 0.2) is 6.07 Å². The molecule has 1 heterocycles. The monoisotopic (exact) mass is 249 g/mol. The summed E-state index contributed by atoms with van der Waals surface area (Å²) in [6.45, 7) is 7.61. The Morgan fingerprint density at radius 3 is 2.44 bits per heavy atom. The average Bonchev–Trinajstić information content (AvgIpc) is 2.79. The van der Waals surface area contributed by atoms with Crippen molar-refractivity contribution in [3.05, 3.63) is 22.8 Å². The van der Waals surface area contributed by atoms with E-state index < -0.39 is 0 Å². The summed E-state index contributed by atoms with van der Waals surface area (Å²) in [5, 5.41) is 3.61. The lowest BCUT2D eigenvalue weighted by Crippen LogP contribution is -2.34. The van der Waals surface area contributed by atoms with Crippen LogP contribution in [0.4, 0.5) is 0 Å². The molecule has 1 aromatic rings. The summed E-state index contributed by atoms with van der Waals surface area (Å²) in [4.78, 5) is 0. The molecule has 3 nitrogen and oxygen atoms in total. The molecule has 0 aliphatic carbocycles. The van der Waals surface area contributed by atoms with Crippen LogP contribution in [0.5, 0.6) is 11.5 Å². The maximum atomic E-state index is 5.62. The smallest absolute Gasteiger partial charge is 0.166 e. The molecule has 0 bridgehead atoms. The summed E-state index contributed by atoms with van der Waals surface area (Å²) in [5.41, 5.74) is 3.79. The standard InChI is InChI=1S/C15H23NO2/c1-10-9-12(17-4)14(18-5)13(11(10)2)15(3)7-6-8-16-15/h9,16H,6-8H2,1-5H3. The molecule has 0 saturated carbocycles. The maximum Gasteiger partial charge on any atom is 0.166 e. The van der Waals surface area contributed by atoms with Crippen molar-refractivity contribution in [2.45, 2.75) is 39.2 Å². The number of benzene rings is 1. The zero-order chi connectivity index (χ0) is 13.3. The van der Waals surface area contributed by atoms with Gasteiger partial charge in [-0.2, -0.15) is 0 Å². The van der Waals surface area contributed by atoms with Gasteiger partial charge in [0.05, 0.1) is 14.2 Å². The molecule has 1 aliphatic rings. The summed E-state index contributed by atoms with van der Waals surface area (Å²) >= 11 is 0. The highest BCUT2D eigenvalue weighted by Crippen LogP contribution is 2.44. The molecule has 2 rings (SSSR count). The Morgan fingerprint density at radius 1 is 1.22 bits per heavy atom. The second-order valence-corrected chi connectivity index (χ2v) is 5.29. The third-order valence-electron chi connectivity index (χ3n) is 4.11. The van der Waals surface area contributed by atoms with Crippen LogP contribution in [0.25, 0.3) is 0 Å². The molecular formula is C15H23NO2. The van der Waals surface area contributed by atoms with Crippen molar-refractivity contribution >= 4 is 0 Å². The first-order valence-corrected chi connectivity index (χ1v) is 6.51. The van der Waals surface area contributed by atoms with Crippen molar-refractivity contribution in [2.75, 3.05) is 20.8 Å². The van der Waals surface area contributed by atoms with Gasteiger partial charge in [-0.3, -0.25) is 0 Å². The van der Waals surface area contributed by atoms with Crippen molar-refractivity contribution in [3.8, 4) is 11.5 Å². The lowest BCUT2D eigenvalue weighted by atomic mass is 9.84. The molecule has 0 radical (unpaired) electrons. The fourth-order valence-electron chi connectivity index (χ4n) is 2.99. The van der Waals surface area contributed by atoms with Crippen LogP contribution in [0, 0.1) is 13.8 Å². The van der Waals surface area contributed by atoms with Gasteiger partial charge in [0.25, 0.3) is 0 Å². The Balaban J connectivity index is 2.66. The van der Waals surface area contributed by atoms with Crippen LogP contribution < -0.4 is 14.8 Å². The fraction of sp³-hybridized carbons (Fsp3) is 0.600. The van der Waals surface area contributed by atoms with Gasteiger partial charge in [0.2, 0.25) is 0 Å². The van der Waals surface area contributed by atoms with Crippen LogP contribution in [0.3, 0.4) is 0 Å².